The number of nitrogens with one attached hydrogen (secondary N) is 3. The number of hydrogen-bond acceptors (Lipinski definition) is 2. The molecule has 0 bridgehead atoms. The maximum atomic E-state index is 11.6. The molecule has 0 saturated heterocycles. The predicted molar refractivity (Wildman–Crippen MR) is 68.0 cm³/mol. The van der Waals surface area contributed by atoms with Gasteiger partial charge in [0.1, 0.15) is 0 Å². The first kappa shape index (κ1) is 11.6. The lowest BCUT2D eigenvalue weighted by atomic mass is 10.2. The molecule has 0 fully saturated rings. The van der Waals surface area contributed by atoms with Crippen molar-refractivity contribution in [3.05, 3.63) is 52.6 Å². The normalized spacial score (nSPS) is 10.1. The minimum atomic E-state index is -0.0286. The van der Waals surface area contributed by atoms with Crippen LogP contribution in [0.15, 0.2) is 36.5 Å². The zero-order valence-electron chi connectivity index (χ0n) is 9.19. The van der Waals surface area contributed by atoms with E-state index >= 15 is 0 Å². The van der Waals surface area contributed by atoms with E-state index in [0.717, 1.165) is 11.3 Å². The monoisotopic (exact) mass is 247 g/mol. The molecule has 0 atom stereocenters. The van der Waals surface area contributed by atoms with E-state index in [2.05, 4.69) is 15.3 Å². The van der Waals surface area contributed by atoms with E-state index < -0.39 is 0 Å². The lowest BCUT2D eigenvalue weighted by Crippen LogP contribution is -2.24. The second-order valence-electron chi connectivity index (χ2n) is 3.71. The third-order valence-corrected chi connectivity index (χ3v) is 2.56. The van der Waals surface area contributed by atoms with Crippen LogP contribution in [0.2, 0.25) is 0 Å². The molecule has 0 saturated carbocycles. The van der Waals surface area contributed by atoms with Crippen molar-refractivity contribution >= 4 is 18.1 Å². The lowest BCUT2D eigenvalue weighted by molar-refractivity contribution is -0.120. The quantitative estimate of drug-likeness (QED) is 0.723. The average molecular weight is 247 g/mol. The zero-order chi connectivity index (χ0) is 12.1. The fourth-order valence-corrected chi connectivity index (χ4v) is 1.69. The number of carbonyl (C=O) groups is 1. The first-order chi connectivity index (χ1) is 8.24. The Balaban J connectivity index is 1.84. The Hall–Kier alpha value is -1.88. The minimum Gasteiger partial charge on any atom is -0.352 e. The van der Waals surface area contributed by atoms with Crippen molar-refractivity contribution in [2.45, 2.75) is 13.0 Å². The van der Waals surface area contributed by atoms with Gasteiger partial charge in [-0.2, -0.15) is 0 Å². The van der Waals surface area contributed by atoms with Crippen molar-refractivity contribution in [1.29, 1.82) is 0 Å². The number of rotatable bonds is 4. The van der Waals surface area contributed by atoms with Gasteiger partial charge in [-0.25, -0.2) is 0 Å². The van der Waals surface area contributed by atoms with E-state index in [0.29, 0.717) is 17.7 Å². The van der Waals surface area contributed by atoms with Gasteiger partial charge in [0.25, 0.3) is 0 Å². The summed E-state index contributed by atoms with van der Waals surface area (Å²) in [6, 6.07) is 9.80. The van der Waals surface area contributed by atoms with E-state index in [1.165, 1.54) is 0 Å². The SMILES string of the molecule is O=C(Cc1c[nH]c(=S)[nH]1)NCc1ccccc1. The second-order valence-corrected chi connectivity index (χ2v) is 4.12. The van der Waals surface area contributed by atoms with Crippen LogP contribution in [0.4, 0.5) is 0 Å². The van der Waals surface area contributed by atoms with Crippen molar-refractivity contribution in [2.24, 2.45) is 0 Å². The molecule has 1 amide bonds. The molecule has 5 heteroatoms. The molecule has 2 rings (SSSR count). The van der Waals surface area contributed by atoms with Crippen molar-refractivity contribution < 1.29 is 4.79 Å². The van der Waals surface area contributed by atoms with Crippen LogP contribution in [0.1, 0.15) is 11.3 Å². The first-order valence-electron chi connectivity index (χ1n) is 5.31. The minimum absolute atomic E-state index is 0.0286. The van der Waals surface area contributed by atoms with Crippen LogP contribution < -0.4 is 5.32 Å². The highest BCUT2D eigenvalue weighted by Crippen LogP contribution is 1.98. The van der Waals surface area contributed by atoms with Gasteiger partial charge in [-0.3, -0.25) is 4.79 Å². The van der Waals surface area contributed by atoms with Crippen LogP contribution in [0, 0.1) is 4.77 Å². The van der Waals surface area contributed by atoms with Gasteiger partial charge in [0.2, 0.25) is 5.91 Å². The molecule has 1 aromatic heterocycles. The third-order valence-electron chi connectivity index (χ3n) is 2.34. The smallest absolute Gasteiger partial charge is 0.226 e. The Bertz CT molecular complexity index is 544. The number of amides is 1. The molecule has 88 valence electrons. The largest absolute Gasteiger partial charge is 0.352 e. The predicted octanol–water partition coefficient (Wildman–Crippen LogP) is 1.93. The van der Waals surface area contributed by atoms with Crippen LogP contribution in [0.5, 0.6) is 0 Å². The first-order valence-corrected chi connectivity index (χ1v) is 5.72. The molecule has 2 aromatic rings. The summed E-state index contributed by atoms with van der Waals surface area (Å²) in [6.07, 6.45) is 2.02. The number of aromatic nitrogens is 2. The van der Waals surface area contributed by atoms with E-state index in [1.807, 2.05) is 30.3 Å². The van der Waals surface area contributed by atoms with Crippen LogP contribution in [-0.2, 0) is 17.8 Å². The third kappa shape index (κ3) is 3.57. The average Bonchev–Trinajstić information content (AvgIpc) is 2.73. The summed E-state index contributed by atoms with van der Waals surface area (Å²) in [5.41, 5.74) is 1.88. The van der Waals surface area contributed by atoms with E-state index in [1.54, 1.807) is 6.20 Å². The molecule has 1 aromatic carbocycles. The van der Waals surface area contributed by atoms with Gasteiger partial charge in [0.15, 0.2) is 4.77 Å². The van der Waals surface area contributed by atoms with Crippen LogP contribution in [0.25, 0.3) is 0 Å². The van der Waals surface area contributed by atoms with Gasteiger partial charge in [0, 0.05) is 18.4 Å². The number of H-pyrrole nitrogens is 2. The molecule has 0 aliphatic heterocycles. The summed E-state index contributed by atoms with van der Waals surface area (Å²) < 4.78 is 0.538. The molecule has 0 unspecified atom stereocenters. The number of benzene rings is 1. The molecule has 4 nitrogen and oxygen atoms in total. The van der Waals surface area contributed by atoms with Gasteiger partial charge in [0.05, 0.1) is 6.42 Å². The fourth-order valence-electron chi connectivity index (χ4n) is 1.50. The molecule has 0 radical (unpaired) electrons. The Morgan fingerprint density at radius 2 is 2.06 bits per heavy atom. The summed E-state index contributed by atoms with van der Waals surface area (Å²) in [5, 5.41) is 2.85. The van der Waals surface area contributed by atoms with E-state index in [4.69, 9.17) is 12.2 Å². The Morgan fingerprint density at radius 3 is 2.71 bits per heavy atom. The molecule has 0 aliphatic rings. The van der Waals surface area contributed by atoms with E-state index in [9.17, 15) is 4.79 Å². The topological polar surface area (TPSA) is 60.7 Å². The summed E-state index contributed by atoms with van der Waals surface area (Å²) in [7, 11) is 0. The second kappa shape index (κ2) is 5.45. The zero-order valence-corrected chi connectivity index (χ0v) is 10.0. The Labute approximate surface area is 104 Å². The lowest BCUT2D eigenvalue weighted by Gasteiger charge is -2.03. The Kier molecular flexibility index (Phi) is 3.72. The number of carbonyl (C=O) groups excluding carboxylic acids is 1. The van der Waals surface area contributed by atoms with Gasteiger partial charge in [-0.05, 0) is 17.8 Å². The summed E-state index contributed by atoms with van der Waals surface area (Å²) in [4.78, 5) is 17.3. The standard InChI is InChI=1S/C12H13N3OS/c16-11(6-10-8-14-12(17)15-10)13-7-9-4-2-1-3-5-9/h1-5,8H,6-7H2,(H,13,16)(H2,14,15,17). The maximum Gasteiger partial charge on any atom is 0.226 e. The number of imidazole rings is 1. The maximum absolute atomic E-state index is 11.6. The summed E-state index contributed by atoms with van der Waals surface area (Å²) in [5.74, 6) is -0.0286. The van der Waals surface area contributed by atoms with Crippen molar-refractivity contribution in [1.82, 2.24) is 15.3 Å². The highest BCUT2D eigenvalue weighted by Gasteiger charge is 2.03. The van der Waals surface area contributed by atoms with Crippen molar-refractivity contribution in [2.75, 3.05) is 0 Å². The Morgan fingerprint density at radius 1 is 1.29 bits per heavy atom. The molecular formula is C12H13N3OS. The molecule has 0 aliphatic carbocycles. The van der Waals surface area contributed by atoms with Crippen LogP contribution in [0.3, 0.4) is 0 Å². The highest BCUT2D eigenvalue weighted by molar-refractivity contribution is 7.71. The van der Waals surface area contributed by atoms with Crippen molar-refractivity contribution in [3.63, 3.8) is 0 Å². The molecule has 1 heterocycles. The molecule has 17 heavy (non-hydrogen) atoms. The van der Waals surface area contributed by atoms with Gasteiger partial charge in [-0.1, -0.05) is 30.3 Å². The summed E-state index contributed by atoms with van der Waals surface area (Å²) >= 11 is 4.88. The molecule has 3 N–H and O–H groups in total. The van der Waals surface area contributed by atoms with Crippen LogP contribution >= 0.6 is 12.2 Å². The fraction of sp³-hybridized carbons (Fsp3) is 0.167. The van der Waals surface area contributed by atoms with Gasteiger partial charge in [-0.15, -0.1) is 0 Å². The molecule has 0 spiro atoms. The number of hydrogen-bond donors (Lipinski definition) is 3. The summed E-state index contributed by atoms with van der Waals surface area (Å²) in [6.45, 7) is 0.546. The van der Waals surface area contributed by atoms with Gasteiger partial charge < -0.3 is 15.3 Å². The van der Waals surface area contributed by atoms with Gasteiger partial charge >= 0.3 is 0 Å². The molecular weight excluding hydrogens is 234 g/mol. The van der Waals surface area contributed by atoms with Crippen LogP contribution in [-0.4, -0.2) is 15.9 Å². The highest BCUT2D eigenvalue weighted by atomic mass is 32.1. The van der Waals surface area contributed by atoms with E-state index in [-0.39, 0.29) is 5.91 Å². The number of aromatic amines is 2. The van der Waals surface area contributed by atoms with Crippen molar-refractivity contribution in [3.8, 4) is 0 Å².